The first-order valence-corrected chi connectivity index (χ1v) is 7.38. The lowest BCUT2D eigenvalue weighted by atomic mass is 10.1. The normalized spacial score (nSPS) is 11.5. The van der Waals surface area contributed by atoms with Gasteiger partial charge >= 0.3 is 6.18 Å². The maximum Gasteiger partial charge on any atom is 0.406 e. The van der Waals surface area contributed by atoms with Crippen molar-refractivity contribution in [1.82, 2.24) is 4.98 Å². The summed E-state index contributed by atoms with van der Waals surface area (Å²) < 4.78 is 38.7. The second-order valence-electron chi connectivity index (χ2n) is 4.97. The van der Waals surface area contributed by atoms with E-state index in [1.807, 2.05) is 0 Å². The van der Waals surface area contributed by atoms with Crippen molar-refractivity contribution in [3.05, 3.63) is 45.4 Å². The zero-order valence-corrected chi connectivity index (χ0v) is 13.2. The van der Waals surface area contributed by atoms with Crippen LogP contribution >= 0.6 is 11.3 Å². The third-order valence-corrected chi connectivity index (χ3v) is 4.18. The summed E-state index contributed by atoms with van der Waals surface area (Å²) in [5.74, 6) is -0.684. The highest BCUT2D eigenvalue weighted by atomic mass is 32.1. The van der Waals surface area contributed by atoms with Crippen LogP contribution in [0.3, 0.4) is 0 Å². The molecule has 22 heavy (non-hydrogen) atoms. The molecule has 0 unspecified atom stereocenters. The number of halogens is 3. The maximum atomic E-state index is 12.9. The fraction of sp³-hybridized carbons (Fsp3) is 0.333. The van der Waals surface area contributed by atoms with Crippen LogP contribution in [0.2, 0.25) is 0 Å². The molecule has 0 N–H and O–H groups in total. The summed E-state index contributed by atoms with van der Waals surface area (Å²) in [6.07, 6.45) is -3.16. The number of thiazole rings is 1. The highest BCUT2D eigenvalue weighted by Gasteiger charge is 2.35. The first kappa shape index (κ1) is 16.5. The van der Waals surface area contributed by atoms with Gasteiger partial charge in [-0.05, 0) is 38.0 Å². The van der Waals surface area contributed by atoms with Crippen LogP contribution < -0.4 is 4.90 Å². The van der Waals surface area contributed by atoms with Gasteiger partial charge in [0.2, 0.25) is 0 Å². The summed E-state index contributed by atoms with van der Waals surface area (Å²) in [7, 11) is 0. The van der Waals surface area contributed by atoms with E-state index in [4.69, 9.17) is 0 Å². The van der Waals surface area contributed by atoms with E-state index in [0.717, 1.165) is 21.8 Å². The van der Waals surface area contributed by atoms with Gasteiger partial charge in [0.25, 0.3) is 5.91 Å². The summed E-state index contributed by atoms with van der Waals surface area (Å²) in [4.78, 5) is 17.4. The lowest BCUT2D eigenvalue weighted by molar-refractivity contribution is -0.118. The quantitative estimate of drug-likeness (QED) is 0.843. The zero-order chi connectivity index (χ0) is 16.5. The van der Waals surface area contributed by atoms with Crippen molar-refractivity contribution in [2.24, 2.45) is 0 Å². The van der Waals surface area contributed by atoms with Gasteiger partial charge in [0.05, 0.1) is 11.2 Å². The van der Waals surface area contributed by atoms with Crippen molar-refractivity contribution in [2.75, 3.05) is 11.4 Å². The van der Waals surface area contributed by atoms with Gasteiger partial charge in [-0.1, -0.05) is 12.1 Å². The maximum absolute atomic E-state index is 12.9. The number of carbonyl (C=O) groups is 1. The Kier molecular flexibility index (Phi) is 4.55. The Bertz CT molecular complexity index is 694. The zero-order valence-electron chi connectivity index (χ0n) is 12.4. The minimum absolute atomic E-state index is 0.197. The molecule has 2 rings (SSSR count). The Morgan fingerprint density at radius 1 is 1.27 bits per heavy atom. The minimum Gasteiger partial charge on any atom is -0.298 e. The predicted octanol–water partition coefficient (Wildman–Crippen LogP) is 4.28. The molecule has 1 heterocycles. The van der Waals surface area contributed by atoms with Gasteiger partial charge in [0.15, 0.2) is 0 Å². The standard InChI is InChI=1S/C15H15F3N2OS/c1-9-5-4-6-12(10(9)2)20(8-15(16,17)18)14(21)13-7-19-11(3)22-13/h4-7H,8H2,1-3H3. The van der Waals surface area contributed by atoms with Crippen molar-refractivity contribution in [2.45, 2.75) is 26.9 Å². The predicted molar refractivity (Wildman–Crippen MR) is 80.5 cm³/mol. The number of aryl methyl sites for hydroxylation is 2. The van der Waals surface area contributed by atoms with Gasteiger partial charge in [-0.25, -0.2) is 4.98 Å². The molecule has 0 saturated carbocycles. The molecule has 1 aromatic carbocycles. The van der Waals surface area contributed by atoms with Gasteiger partial charge in [0.1, 0.15) is 11.4 Å². The van der Waals surface area contributed by atoms with E-state index in [0.29, 0.717) is 10.6 Å². The third kappa shape index (κ3) is 3.65. The van der Waals surface area contributed by atoms with Crippen LogP contribution in [0.4, 0.5) is 18.9 Å². The molecule has 0 fully saturated rings. The number of anilines is 1. The number of carbonyl (C=O) groups excluding carboxylic acids is 1. The van der Waals surface area contributed by atoms with Crippen molar-refractivity contribution < 1.29 is 18.0 Å². The number of rotatable bonds is 3. The van der Waals surface area contributed by atoms with Gasteiger partial charge in [0, 0.05) is 5.69 Å². The first-order valence-electron chi connectivity index (χ1n) is 6.56. The van der Waals surface area contributed by atoms with Crippen LogP contribution in [-0.4, -0.2) is 23.6 Å². The summed E-state index contributed by atoms with van der Waals surface area (Å²) in [5.41, 5.74) is 1.76. The molecule has 1 amide bonds. The molecule has 118 valence electrons. The molecule has 3 nitrogen and oxygen atoms in total. The van der Waals surface area contributed by atoms with E-state index in [1.165, 1.54) is 12.3 Å². The Morgan fingerprint density at radius 2 is 1.95 bits per heavy atom. The molecule has 0 aliphatic heterocycles. The second kappa shape index (κ2) is 6.08. The first-order chi connectivity index (χ1) is 10.2. The van der Waals surface area contributed by atoms with Crippen LogP contribution in [0.5, 0.6) is 0 Å². The fourth-order valence-electron chi connectivity index (χ4n) is 2.07. The largest absolute Gasteiger partial charge is 0.406 e. The van der Waals surface area contributed by atoms with E-state index < -0.39 is 18.6 Å². The van der Waals surface area contributed by atoms with Crippen molar-refractivity contribution in [1.29, 1.82) is 0 Å². The van der Waals surface area contributed by atoms with E-state index in [2.05, 4.69) is 4.98 Å². The molecule has 0 aliphatic rings. The topological polar surface area (TPSA) is 33.2 Å². The molecule has 0 aliphatic carbocycles. The lowest BCUT2D eigenvalue weighted by Crippen LogP contribution is -2.39. The molecule has 1 aromatic heterocycles. The Morgan fingerprint density at radius 3 is 2.50 bits per heavy atom. The Hall–Kier alpha value is -1.89. The summed E-state index contributed by atoms with van der Waals surface area (Å²) in [6, 6.07) is 4.97. The van der Waals surface area contributed by atoms with Crippen LogP contribution in [-0.2, 0) is 0 Å². The minimum atomic E-state index is -4.48. The van der Waals surface area contributed by atoms with Gasteiger partial charge < -0.3 is 0 Å². The Labute approximate surface area is 130 Å². The highest BCUT2D eigenvalue weighted by molar-refractivity contribution is 7.13. The number of benzene rings is 1. The molecular weight excluding hydrogens is 313 g/mol. The Balaban J connectivity index is 2.47. The van der Waals surface area contributed by atoms with Crippen molar-refractivity contribution >= 4 is 22.9 Å². The van der Waals surface area contributed by atoms with Crippen molar-refractivity contribution in [3.63, 3.8) is 0 Å². The fourth-order valence-corrected chi connectivity index (χ4v) is 2.79. The molecule has 0 atom stereocenters. The van der Waals surface area contributed by atoms with Crippen LogP contribution in [0.1, 0.15) is 25.8 Å². The highest BCUT2D eigenvalue weighted by Crippen LogP contribution is 2.29. The second-order valence-corrected chi connectivity index (χ2v) is 6.20. The average molecular weight is 328 g/mol. The molecule has 0 bridgehead atoms. The number of alkyl halides is 3. The molecule has 0 spiro atoms. The lowest BCUT2D eigenvalue weighted by Gasteiger charge is -2.25. The number of aromatic nitrogens is 1. The van der Waals surface area contributed by atoms with E-state index in [-0.39, 0.29) is 10.6 Å². The SMILES string of the molecule is Cc1ncc(C(=O)N(CC(F)(F)F)c2cccc(C)c2C)s1. The number of nitrogens with zero attached hydrogens (tertiary/aromatic N) is 2. The van der Waals surface area contributed by atoms with Crippen LogP contribution in [0.15, 0.2) is 24.4 Å². The summed E-state index contributed by atoms with van der Waals surface area (Å²) >= 11 is 1.09. The summed E-state index contributed by atoms with van der Waals surface area (Å²) in [5, 5.41) is 0.635. The molecule has 2 aromatic rings. The smallest absolute Gasteiger partial charge is 0.298 e. The van der Waals surface area contributed by atoms with Crippen molar-refractivity contribution in [3.8, 4) is 0 Å². The van der Waals surface area contributed by atoms with Crippen LogP contribution in [0.25, 0.3) is 0 Å². The molecule has 0 radical (unpaired) electrons. The monoisotopic (exact) mass is 328 g/mol. The molecule has 0 saturated heterocycles. The van der Waals surface area contributed by atoms with Gasteiger partial charge in [-0.2, -0.15) is 13.2 Å². The summed E-state index contributed by atoms with van der Waals surface area (Å²) in [6.45, 7) is 3.88. The van der Waals surface area contributed by atoms with Gasteiger partial charge in [-0.15, -0.1) is 11.3 Å². The van der Waals surface area contributed by atoms with Gasteiger partial charge in [-0.3, -0.25) is 9.69 Å². The van der Waals surface area contributed by atoms with E-state index in [9.17, 15) is 18.0 Å². The number of amides is 1. The van der Waals surface area contributed by atoms with E-state index >= 15 is 0 Å². The molecular formula is C15H15F3N2OS. The number of hydrogen-bond donors (Lipinski definition) is 0. The number of hydrogen-bond acceptors (Lipinski definition) is 3. The third-order valence-electron chi connectivity index (χ3n) is 3.28. The molecule has 7 heteroatoms. The van der Waals surface area contributed by atoms with E-state index in [1.54, 1.807) is 32.9 Å². The van der Waals surface area contributed by atoms with Crippen LogP contribution in [0, 0.1) is 20.8 Å². The average Bonchev–Trinajstić information content (AvgIpc) is 2.84.